The van der Waals surface area contributed by atoms with E-state index in [2.05, 4.69) is 45.4 Å². The van der Waals surface area contributed by atoms with Crippen LogP contribution in [0.5, 0.6) is 11.5 Å². The standard InChI is InChI=1S/C45H52N5O6PS/c1-10-24-55-57(56-25-12-23-46)50(30(2)3)44(6,7)28-54-45(33-15-19-37(52-8)20-16-33,34-17-21-38(53-9)22-18-34)35-13-11-14-36(27-35)49-29-47-40-39-31(4)26-32(5)48-42(39)58-41(40)43(49)51/h11,13-22,26-27,29-30H,10,12,24-25,28H2,1-9H3. The molecule has 3 aromatic heterocycles. The number of nitriles is 1. The molecular weight excluding hydrogens is 770 g/mol. The Kier molecular flexibility index (Phi) is 13.6. The van der Waals surface area contributed by atoms with E-state index in [1.165, 1.54) is 11.3 Å². The van der Waals surface area contributed by atoms with Gasteiger partial charge in [0.05, 0.1) is 57.7 Å². The summed E-state index contributed by atoms with van der Waals surface area (Å²) in [6, 6.07) is 27.8. The molecule has 11 nitrogen and oxygen atoms in total. The zero-order chi connectivity index (χ0) is 41.6. The molecular formula is C45H52N5O6PS. The Balaban J connectivity index is 1.53. The third-order valence-electron chi connectivity index (χ3n) is 9.95. The van der Waals surface area contributed by atoms with Crippen molar-refractivity contribution in [2.45, 2.75) is 78.5 Å². The van der Waals surface area contributed by atoms with Crippen molar-refractivity contribution in [2.75, 3.05) is 34.0 Å². The zero-order valence-corrected chi connectivity index (χ0v) is 36.4. The molecule has 0 aliphatic carbocycles. The van der Waals surface area contributed by atoms with Gasteiger partial charge in [0.2, 0.25) is 0 Å². The van der Waals surface area contributed by atoms with Gasteiger partial charge in [-0.2, -0.15) is 5.26 Å². The summed E-state index contributed by atoms with van der Waals surface area (Å²) in [7, 11) is 1.75. The summed E-state index contributed by atoms with van der Waals surface area (Å²) in [5.41, 5.74) is 3.70. The van der Waals surface area contributed by atoms with Gasteiger partial charge >= 0.3 is 0 Å². The monoisotopic (exact) mass is 821 g/mol. The molecule has 6 aromatic rings. The van der Waals surface area contributed by atoms with Gasteiger partial charge in [0.1, 0.15) is 33.0 Å². The summed E-state index contributed by atoms with van der Waals surface area (Å²) in [4.78, 5) is 24.7. The van der Waals surface area contributed by atoms with Gasteiger partial charge in [-0.3, -0.25) is 9.36 Å². The van der Waals surface area contributed by atoms with Gasteiger partial charge < -0.3 is 23.3 Å². The Morgan fingerprint density at radius 2 is 1.55 bits per heavy atom. The smallest absolute Gasteiger partial charge is 0.275 e. The van der Waals surface area contributed by atoms with E-state index in [1.54, 1.807) is 25.1 Å². The minimum absolute atomic E-state index is 0.00875. The molecule has 3 aromatic carbocycles. The molecule has 0 fully saturated rings. The number of ether oxygens (including phenoxy) is 3. The summed E-state index contributed by atoms with van der Waals surface area (Å²) in [6.45, 7) is 15.5. The summed E-state index contributed by atoms with van der Waals surface area (Å²) in [5.74, 6) is 1.41. The van der Waals surface area contributed by atoms with E-state index >= 15 is 0 Å². The summed E-state index contributed by atoms with van der Waals surface area (Å²) < 4.78 is 35.7. The number of hydrogen-bond acceptors (Lipinski definition) is 11. The number of rotatable bonds is 18. The number of nitrogens with zero attached hydrogens (tertiary/aromatic N) is 5. The second kappa shape index (κ2) is 18.5. The van der Waals surface area contributed by atoms with Crippen LogP contribution in [0.25, 0.3) is 26.1 Å². The molecule has 0 spiro atoms. The van der Waals surface area contributed by atoms with Crippen LogP contribution in [0, 0.1) is 25.2 Å². The molecule has 0 bridgehead atoms. The molecule has 0 saturated carbocycles. The fourth-order valence-electron chi connectivity index (χ4n) is 7.39. The van der Waals surface area contributed by atoms with Crippen LogP contribution < -0.4 is 15.0 Å². The quantitative estimate of drug-likeness (QED) is 0.0471. The van der Waals surface area contributed by atoms with Gasteiger partial charge in [-0.25, -0.2) is 14.6 Å². The molecule has 6 rings (SSSR count). The Hall–Kier alpha value is -4.73. The third-order valence-corrected chi connectivity index (χ3v) is 13.2. The first-order chi connectivity index (χ1) is 27.9. The lowest BCUT2D eigenvalue weighted by molar-refractivity contribution is -0.0429. The van der Waals surface area contributed by atoms with Gasteiger partial charge in [-0.05, 0) is 113 Å². The average molecular weight is 822 g/mol. The second-order valence-corrected chi connectivity index (χ2v) is 17.4. The van der Waals surface area contributed by atoms with Crippen molar-refractivity contribution >= 4 is 40.3 Å². The Bertz CT molecular complexity index is 2390. The molecule has 0 radical (unpaired) electrons. The van der Waals surface area contributed by atoms with E-state index in [0.29, 0.717) is 34.0 Å². The summed E-state index contributed by atoms with van der Waals surface area (Å²) in [6.07, 6.45) is 2.69. The maximum absolute atomic E-state index is 14.4. The van der Waals surface area contributed by atoms with Gasteiger partial charge in [0, 0.05) is 22.7 Å². The predicted octanol–water partition coefficient (Wildman–Crippen LogP) is 10.0. The van der Waals surface area contributed by atoms with Crippen molar-refractivity contribution in [3.05, 3.63) is 123 Å². The average Bonchev–Trinajstić information content (AvgIpc) is 3.60. The van der Waals surface area contributed by atoms with E-state index in [1.807, 2.05) is 92.7 Å². The molecule has 1 unspecified atom stereocenters. The maximum atomic E-state index is 14.4. The lowest BCUT2D eigenvalue weighted by Gasteiger charge is -2.46. The number of benzene rings is 3. The van der Waals surface area contributed by atoms with Crippen molar-refractivity contribution in [3.8, 4) is 23.3 Å². The summed E-state index contributed by atoms with van der Waals surface area (Å²) in [5, 5.41) is 10.2. The van der Waals surface area contributed by atoms with Gasteiger partial charge in [0.25, 0.3) is 14.1 Å². The van der Waals surface area contributed by atoms with Crippen LogP contribution in [0.15, 0.2) is 90.0 Å². The molecule has 0 aliphatic heterocycles. The molecule has 0 aliphatic rings. The molecule has 13 heteroatoms. The fraction of sp³-hybridized carbons (Fsp3) is 0.378. The van der Waals surface area contributed by atoms with E-state index < -0.39 is 19.7 Å². The lowest BCUT2D eigenvalue weighted by Crippen LogP contribution is -2.50. The maximum Gasteiger partial charge on any atom is 0.275 e. The highest BCUT2D eigenvalue weighted by Gasteiger charge is 2.43. The Labute approximate surface area is 346 Å². The topological polar surface area (TPSA) is 121 Å². The number of pyridine rings is 1. The van der Waals surface area contributed by atoms with Crippen molar-refractivity contribution in [1.29, 1.82) is 5.26 Å². The zero-order valence-electron chi connectivity index (χ0n) is 34.7. The fourth-order valence-corrected chi connectivity index (χ4v) is 10.4. The first-order valence-corrected chi connectivity index (χ1v) is 21.4. The molecule has 0 saturated heterocycles. The van der Waals surface area contributed by atoms with Crippen molar-refractivity contribution < 1.29 is 23.3 Å². The molecule has 0 N–H and O–H groups in total. The van der Waals surface area contributed by atoms with Crippen LogP contribution in [-0.4, -0.2) is 64.8 Å². The highest BCUT2D eigenvalue weighted by atomic mass is 32.1. The van der Waals surface area contributed by atoms with Gasteiger partial charge in [0.15, 0.2) is 0 Å². The van der Waals surface area contributed by atoms with Crippen LogP contribution in [0.3, 0.4) is 0 Å². The molecule has 0 amide bonds. The number of hydrogen-bond donors (Lipinski definition) is 0. The highest BCUT2D eigenvalue weighted by Crippen LogP contribution is 2.50. The van der Waals surface area contributed by atoms with Crippen molar-refractivity contribution in [1.82, 2.24) is 19.2 Å². The van der Waals surface area contributed by atoms with E-state index in [-0.39, 0.29) is 31.2 Å². The third kappa shape index (κ3) is 8.67. The summed E-state index contributed by atoms with van der Waals surface area (Å²) >= 11 is 1.37. The minimum atomic E-state index is -1.54. The lowest BCUT2D eigenvalue weighted by atomic mass is 9.79. The number of aryl methyl sites for hydroxylation is 2. The van der Waals surface area contributed by atoms with Gasteiger partial charge in [-0.15, -0.1) is 11.3 Å². The van der Waals surface area contributed by atoms with Crippen molar-refractivity contribution in [2.24, 2.45) is 0 Å². The molecule has 3 heterocycles. The van der Waals surface area contributed by atoms with Crippen LogP contribution >= 0.6 is 19.9 Å². The largest absolute Gasteiger partial charge is 0.497 e. The van der Waals surface area contributed by atoms with Crippen molar-refractivity contribution in [3.63, 3.8) is 0 Å². The molecule has 58 heavy (non-hydrogen) atoms. The SMILES string of the molecule is CCCOP(OCCC#N)N(C(C)C)C(C)(C)COC(c1ccc(OC)cc1)(c1ccc(OC)cc1)c1cccc(-n2cnc3c(sc4nc(C)cc(C)c43)c2=O)c1. The predicted molar refractivity (Wildman–Crippen MR) is 232 cm³/mol. The van der Waals surface area contributed by atoms with Gasteiger partial charge in [-0.1, -0.05) is 43.3 Å². The number of aromatic nitrogens is 3. The number of thiophene rings is 1. The van der Waals surface area contributed by atoms with Crippen LogP contribution in [0.1, 0.15) is 75.4 Å². The normalized spacial score (nSPS) is 12.7. The second-order valence-electron chi connectivity index (χ2n) is 15.0. The van der Waals surface area contributed by atoms with E-state index in [9.17, 15) is 10.1 Å². The highest BCUT2D eigenvalue weighted by molar-refractivity contribution is 7.44. The number of methoxy groups -OCH3 is 2. The van der Waals surface area contributed by atoms with E-state index in [4.69, 9.17) is 33.2 Å². The Morgan fingerprint density at radius 1 is 0.914 bits per heavy atom. The first kappa shape index (κ1) is 42.9. The first-order valence-electron chi connectivity index (χ1n) is 19.4. The number of fused-ring (bicyclic) bond motifs is 3. The van der Waals surface area contributed by atoms with Crippen LogP contribution in [-0.2, 0) is 19.4 Å². The molecule has 304 valence electrons. The van der Waals surface area contributed by atoms with E-state index in [0.717, 1.165) is 44.6 Å². The van der Waals surface area contributed by atoms with Crippen LogP contribution in [0.2, 0.25) is 0 Å². The minimum Gasteiger partial charge on any atom is -0.497 e. The van der Waals surface area contributed by atoms with Crippen LogP contribution in [0.4, 0.5) is 0 Å². The Morgan fingerprint density at radius 3 is 2.14 bits per heavy atom. The molecule has 1 atom stereocenters.